The molecule has 14 N–H and O–H groups in total. The summed E-state index contributed by atoms with van der Waals surface area (Å²) in [5.41, 5.74) is 7.54. The molecule has 0 radical (unpaired) electrons. The van der Waals surface area contributed by atoms with E-state index in [1.165, 1.54) is 66.9 Å². The molecule has 1 saturated carbocycles. The van der Waals surface area contributed by atoms with Crippen LogP contribution in [0.2, 0.25) is 0 Å². The maximum Gasteiger partial charge on any atom is 0.305 e. The highest BCUT2D eigenvalue weighted by Gasteiger charge is 2.46. The third-order valence-corrected chi connectivity index (χ3v) is 23.7. The maximum atomic E-state index is 15.6. The van der Waals surface area contributed by atoms with E-state index in [0.717, 1.165) is 28.0 Å². The van der Waals surface area contributed by atoms with Crippen LogP contribution in [0, 0.1) is 11.8 Å². The summed E-state index contributed by atoms with van der Waals surface area (Å²) in [4.78, 5) is 228. The first-order chi connectivity index (χ1) is 60.6. The fraction of sp³-hybridized carbons (Fsp3) is 0.467. The molecule has 9 rings (SSSR count). The van der Waals surface area contributed by atoms with Crippen molar-refractivity contribution in [1.82, 2.24) is 92.6 Å². The molecule has 1 aliphatic heterocycles. The Morgan fingerprint density at radius 3 is 1.69 bits per heavy atom. The van der Waals surface area contributed by atoms with Crippen molar-refractivity contribution in [3.05, 3.63) is 179 Å². The molecule has 1 spiro atoms. The van der Waals surface area contributed by atoms with Gasteiger partial charge < -0.3 is 88.4 Å². The number of primary amides is 1. The number of amides is 14. The van der Waals surface area contributed by atoms with Gasteiger partial charge in [0.25, 0.3) is 0 Å². The van der Waals surface area contributed by atoms with Gasteiger partial charge in [-0.3, -0.25) is 71.9 Å². The predicted molar refractivity (Wildman–Crippen MR) is 471 cm³/mol. The van der Waals surface area contributed by atoms with Crippen molar-refractivity contribution in [3.63, 3.8) is 0 Å². The van der Waals surface area contributed by atoms with E-state index in [9.17, 15) is 43.8 Å². The summed E-state index contributed by atoms with van der Waals surface area (Å²) in [5.74, 6) is -15.5. The van der Waals surface area contributed by atoms with Crippen molar-refractivity contribution in [1.29, 1.82) is 0 Å². The van der Waals surface area contributed by atoms with Crippen molar-refractivity contribution in [2.75, 3.05) is 52.8 Å². The summed E-state index contributed by atoms with van der Waals surface area (Å²) in [6.45, 7) is 6.51. The number of benzene rings is 5. The zero-order valence-corrected chi connectivity index (χ0v) is 73.8. The van der Waals surface area contributed by atoms with Gasteiger partial charge in [0.2, 0.25) is 82.7 Å². The maximum absolute atomic E-state index is 15.6. The topological polar surface area (TPSA) is 503 Å². The third kappa shape index (κ3) is 28.0. The van der Waals surface area contributed by atoms with E-state index in [-0.39, 0.29) is 81.0 Å². The van der Waals surface area contributed by atoms with Crippen LogP contribution < -0.4 is 53.6 Å². The highest BCUT2D eigenvalue weighted by molar-refractivity contribution is 8.00. The number of para-hydroxylation sites is 1. The number of aromatic nitrogens is 5. The van der Waals surface area contributed by atoms with Crippen LogP contribution >= 0.6 is 11.8 Å². The normalized spacial score (nSPS) is 22.3. The van der Waals surface area contributed by atoms with Gasteiger partial charge in [0.15, 0.2) is 5.82 Å². The number of aliphatic carboxylic acids is 1. The van der Waals surface area contributed by atoms with Crippen molar-refractivity contribution in [3.8, 4) is 5.75 Å². The first-order valence-corrected chi connectivity index (χ1v) is 43.8. The van der Waals surface area contributed by atoms with Crippen molar-refractivity contribution in [2.24, 2.45) is 17.6 Å². The smallest absolute Gasteiger partial charge is 0.305 e. The average molecular weight is 1770 g/mol. The highest BCUT2D eigenvalue weighted by Crippen LogP contribution is 2.37. The fourth-order valence-corrected chi connectivity index (χ4v) is 16.6. The molecule has 2 aromatic heterocycles. The number of thioether (sulfide) groups is 1. The summed E-state index contributed by atoms with van der Waals surface area (Å²) < 4.78 is 1.19. The molecule has 7 aromatic rings. The fourth-order valence-electron chi connectivity index (χ4n) is 15.7. The third-order valence-electron chi connectivity index (χ3n) is 22.6. The molecule has 127 heavy (non-hydrogen) atoms. The van der Waals surface area contributed by atoms with Gasteiger partial charge in [0.05, 0.1) is 25.3 Å². The van der Waals surface area contributed by atoms with E-state index in [0.29, 0.717) is 64.4 Å². The number of hydrogen-bond donors (Lipinski definition) is 13. The van der Waals surface area contributed by atoms with Crippen LogP contribution in [0.25, 0.3) is 10.9 Å². The van der Waals surface area contributed by atoms with Crippen LogP contribution in [0.3, 0.4) is 0 Å². The lowest BCUT2D eigenvalue weighted by molar-refractivity contribution is -0.151. The van der Waals surface area contributed by atoms with Gasteiger partial charge in [-0.1, -0.05) is 188 Å². The van der Waals surface area contributed by atoms with E-state index in [4.69, 9.17) is 5.73 Å². The number of unbranched alkanes of at least 4 members (excludes halogenated alkanes) is 1. The highest BCUT2D eigenvalue weighted by atomic mass is 32.2. The summed E-state index contributed by atoms with van der Waals surface area (Å²) in [6, 6.07) is 24.3. The lowest BCUT2D eigenvalue weighted by Gasteiger charge is -2.39. The Labute approximate surface area is 741 Å². The second kappa shape index (κ2) is 46.8. The second-order valence-corrected chi connectivity index (χ2v) is 34.3. The number of aromatic hydroxyl groups is 1. The van der Waals surface area contributed by atoms with E-state index < -0.39 is 192 Å². The van der Waals surface area contributed by atoms with Gasteiger partial charge in [-0.25, -0.2) is 4.68 Å². The van der Waals surface area contributed by atoms with Crippen molar-refractivity contribution < 1.29 is 82.1 Å². The number of nitrogens with one attached hydrogen (secondary N) is 10. The molecule has 1 aliphatic carbocycles. The number of hydrogen-bond acceptors (Lipinski definition) is 20. The number of carbonyl (C=O) groups is 15. The molecule has 14 amide bonds. The van der Waals surface area contributed by atoms with Crippen LogP contribution in [0.1, 0.15) is 132 Å². The number of nitrogens with two attached hydrogens (primary N) is 1. The number of carboxylic acids is 1. The predicted octanol–water partition coefficient (Wildman–Crippen LogP) is 2.40. The van der Waals surface area contributed by atoms with E-state index in [1.807, 2.05) is 19.1 Å². The Hall–Kier alpha value is -13.1. The molecular weight excluding hydrogens is 1650 g/mol. The SMILES string of the molecule is CCCC[C@H]1C(=O)N(C)CC(=O)N[C@@H](CC(=O)O)C(=O)N[C@@H](C(C)C)C(=O)N(C)C(Cc2ccccc2)C(=O)NC2(CCCCC2)c2nnnn2CC(=O)N[C@@H](Cc2c[nH]c3ccccc23)C(=O)N[C@@H](Cc2ccc(O)cc2)C(=O)N[C@@H](CC(C)C)C(=O)N[C@H](C(=O)NCC(N)=O)CSCC(=O)N[C@@H](Cc2ccccc2)C(=O)N(C)[C@@H](Cc2ccccc2)C(=O)N1C. The Morgan fingerprint density at radius 2 is 1.08 bits per heavy atom. The Kier molecular flexibility index (Phi) is 36.0. The van der Waals surface area contributed by atoms with Crippen LogP contribution in [0.15, 0.2) is 146 Å². The number of nitrogens with zero attached hydrogens (tertiary/aromatic N) is 8. The first kappa shape index (κ1) is 97.7. The summed E-state index contributed by atoms with van der Waals surface area (Å²) in [7, 11) is 5.42. The zero-order chi connectivity index (χ0) is 92.2. The Bertz CT molecular complexity index is 4990. The Balaban J connectivity index is 1.11. The van der Waals surface area contributed by atoms with Gasteiger partial charge in [0, 0.05) is 83.1 Å². The second-order valence-electron chi connectivity index (χ2n) is 33.2. The number of carboxylic acid groups (broad SMARTS) is 1. The van der Waals surface area contributed by atoms with E-state index >= 15 is 38.4 Å². The van der Waals surface area contributed by atoms with Gasteiger partial charge >= 0.3 is 5.97 Å². The molecule has 2 aliphatic rings. The molecule has 37 heteroatoms. The van der Waals surface area contributed by atoms with E-state index in [1.54, 1.807) is 137 Å². The van der Waals surface area contributed by atoms with Crippen molar-refractivity contribution >= 4 is 111 Å². The lowest BCUT2D eigenvalue weighted by atomic mass is 9.80. The number of fused-ring (bicyclic) bond motifs is 3. The number of carbonyl (C=O) groups excluding carboxylic acids is 14. The summed E-state index contributed by atoms with van der Waals surface area (Å²) in [6.07, 6.45) is 3.01. The van der Waals surface area contributed by atoms with Crippen LogP contribution in [-0.2, 0) is 116 Å². The van der Waals surface area contributed by atoms with Crippen LogP contribution in [0.5, 0.6) is 5.75 Å². The number of likely N-dealkylation sites (N-methyl/N-ethyl adjacent to an activating group) is 4. The quantitative estimate of drug-likeness (QED) is 0.0491. The molecule has 1 unspecified atom stereocenters. The summed E-state index contributed by atoms with van der Waals surface area (Å²) >= 11 is 0.846. The number of H-pyrrole nitrogens is 1. The minimum atomic E-state index is -1.86. The first-order valence-electron chi connectivity index (χ1n) is 42.7. The van der Waals surface area contributed by atoms with Crippen LogP contribution in [-0.4, -0.2) is 257 Å². The lowest BCUT2D eigenvalue weighted by Crippen LogP contribution is -2.61. The standard InChI is InChI=1S/C90H117N19O17S/c1-10-11-34-70-86(124)105(6)50-74(112)95-67(47-77(115)116)83(121)100-78(55(4)5)88(126)107(8)71(44-57-28-18-13-19-29-57)84(122)101-90(39-24-15-25-40-90)89-102-103-104-109(89)51-75(113)94-66(46-60-48-92-63-33-23-22-32-62(60)63)82(120)98-65(42-59-35-37-61(110)38-36-59)81(119)97-64(41-54(2)3)80(118)99-69(79(117)93-49-73(91)111)52-127-53-76(114)96-68(43-56-26-16-12-17-27-56)85(123)108(9)72(87(125)106(70)7)45-58-30-20-14-21-31-58/h12-14,16-23,26-33,35-38,48,54-55,64-72,78,92,110H,10-11,15,24-25,34,39-47,49-53H2,1-9H3,(H2,91,111)(H,93,117)(H,94,113)(H,95,112)(H,96,114)(H,97,119)(H,98,120)(H,99,118)(H,100,121)(H,101,122)(H,115,116)/t64-,65-,66-,67-,68-,69-,70-,71?,72-,78-/m0/s1. The van der Waals surface area contributed by atoms with Gasteiger partial charge in [-0.15, -0.1) is 16.9 Å². The van der Waals surface area contributed by atoms with E-state index in [2.05, 4.69) is 68.4 Å². The van der Waals surface area contributed by atoms with Gasteiger partial charge in [-0.05, 0) is 94.0 Å². The number of tetrazole rings is 1. The van der Waals surface area contributed by atoms with Gasteiger partial charge in [-0.2, -0.15) is 0 Å². The zero-order valence-electron chi connectivity index (χ0n) is 73.0. The molecule has 0 bridgehead atoms. The molecular formula is C90H117N19O17S. The molecule has 3 heterocycles. The number of aromatic amines is 1. The molecule has 680 valence electrons. The van der Waals surface area contributed by atoms with Gasteiger partial charge in [0.1, 0.15) is 78.3 Å². The number of rotatable bonds is 21. The van der Waals surface area contributed by atoms with Crippen LogP contribution in [0.4, 0.5) is 0 Å². The summed E-state index contributed by atoms with van der Waals surface area (Å²) in [5, 5.41) is 58.8. The average Bonchev–Trinajstić information content (AvgIpc) is 1.69. The Morgan fingerprint density at radius 1 is 0.551 bits per heavy atom. The molecule has 0 saturated heterocycles. The monoisotopic (exact) mass is 1770 g/mol. The molecule has 10 atom stereocenters. The molecule has 5 aromatic carbocycles. The molecule has 36 nitrogen and oxygen atoms in total. The minimum absolute atomic E-state index is 0.0430. The number of phenols is 1. The number of phenolic OH excluding ortho intramolecular Hbond substituents is 1. The minimum Gasteiger partial charge on any atom is -0.508 e. The molecule has 1 fully saturated rings. The largest absolute Gasteiger partial charge is 0.508 e. The van der Waals surface area contributed by atoms with Crippen molar-refractivity contribution in [2.45, 2.75) is 203 Å².